The van der Waals surface area contributed by atoms with E-state index in [0.717, 1.165) is 24.5 Å². The van der Waals surface area contributed by atoms with Crippen LogP contribution in [0.1, 0.15) is 40.0 Å². The van der Waals surface area contributed by atoms with E-state index in [1.807, 2.05) is 0 Å². The molecule has 0 bridgehead atoms. The number of rotatable bonds is 2. The van der Waals surface area contributed by atoms with Crippen LogP contribution in [-0.2, 0) is 17.7 Å². The van der Waals surface area contributed by atoms with Crippen LogP contribution in [0.25, 0.3) is 0 Å². The van der Waals surface area contributed by atoms with Crippen molar-refractivity contribution in [3.8, 4) is 0 Å². The van der Waals surface area contributed by atoms with Crippen LogP contribution in [0, 0.1) is 5.82 Å². The molecule has 0 aliphatic carbocycles. The SMILES string of the molecule is O=C(c1cc(F)ccc1Cl)N1CCc2oc(C3CCOC3)nc2C1. The van der Waals surface area contributed by atoms with Gasteiger partial charge in [-0.1, -0.05) is 11.6 Å². The first-order valence-electron chi connectivity index (χ1n) is 7.92. The summed E-state index contributed by atoms with van der Waals surface area (Å²) in [5.41, 5.74) is 0.942. The summed E-state index contributed by atoms with van der Waals surface area (Å²) in [6.07, 6.45) is 1.50. The molecule has 2 aromatic rings. The van der Waals surface area contributed by atoms with Crippen LogP contribution in [0.15, 0.2) is 22.6 Å². The molecule has 4 rings (SSSR count). The highest BCUT2D eigenvalue weighted by Crippen LogP contribution is 2.29. The Balaban J connectivity index is 1.55. The molecule has 0 radical (unpaired) electrons. The molecule has 7 heteroatoms. The molecule has 0 spiro atoms. The fraction of sp³-hybridized carbons (Fsp3) is 0.412. The summed E-state index contributed by atoms with van der Waals surface area (Å²) < 4.78 is 24.6. The highest BCUT2D eigenvalue weighted by molar-refractivity contribution is 6.33. The average Bonchev–Trinajstić information content (AvgIpc) is 3.24. The summed E-state index contributed by atoms with van der Waals surface area (Å²) in [6, 6.07) is 3.80. The maximum absolute atomic E-state index is 13.4. The van der Waals surface area contributed by atoms with Crippen molar-refractivity contribution in [1.29, 1.82) is 0 Å². The predicted octanol–water partition coefficient (Wildman–Crippen LogP) is 3.17. The Morgan fingerprint density at radius 1 is 1.42 bits per heavy atom. The molecule has 1 atom stereocenters. The molecule has 0 N–H and O–H groups in total. The van der Waals surface area contributed by atoms with Crippen molar-refractivity contribution < 1.29 is 18.3 Å². The quantitative estimate of drug-likeness (QED) is 0.834. The van der Waals surface area contributed by atoms with Gasteiger partial charge in [-0.3, -0.25) is 4.79 Å². The molecule has 1 aromatic carbocycles. The van der Waals surface area contributed by atoms with Crippen LogP contribution in [0.4, 0.5) is 4.39 Å². The van der Waals surface area contributed by atoms with Gasteiger partial charge in [0.1, 0.15) is 17.3 Å². The molecular weight excluding hydrogens is 335 g/mol. The van der Waals surface area contributed by atoms with Crippen LogP contribution >= 0.6 is 11.6 Å². The summed E-state index contributed by atoms with van der Waals surface area (Å²) in [6.45, 7) is 2.19. The van der Waals surface area contributed by atoms with Crippen molar-refractivity contribution >= 4 is 17.5 Å². The van der Waals surface area contributed by atoms with Crippen LogP contribution < -0.4 is 0 Å². The van der Waals surface area contributed by atoms with Crippen molar-refractivity contribution in [2.24, 2.45) is 0 Å². The largest absolute Gasteiger partial charge is 0.445 e. The van der Waals surface area contributed by atoms with Gasteiger partial charge in [-0.05, 0) is 24.6 Å². The van der Waals surface area contributed by atoms with E-state index in [2.05, 4.69) is 4.98 Å². The Bertz CT molecular complexity index is 786. The Labute approximate surface area is 143 Å². The van der Waals surface area contributed by atoms with Gasteiger partial charge in [0.15, 0.2) is 5.89 Å². The van der Waals surface area contributed by atoms with E-state index >= 15 is 0 Å². The molecular formula is C17H16ClFN2O3. The third-order valence-electron chi connectivity index (χ3n) is 4.47. The smallest absolute Gasteiger partial charge is 0.255 e. The lowest BCUT2D eigenvalue weighted by Crippen LogP contribution is -2.36. The summed E-state index contributed by atoms with van der Waals surface area (Å²) in [5.74, 6) is 0.934. The molecule has 24 heavy (non-hydrogen) atoms. The summed E-state index contributed by atoms with van der Waals surface area (Å²) in [4.78, 5) is 18.8. The first kappa shape index (κ1) is 15.6. The van der Waals surface area contributed by atoms with E-state index in [-0.39, 0.29) is 22.4 Å². The second kappa shape index (κ2) is 6.18. The van der Waals surface area contributed by atoms with Gasteiger partial charge in [0.05, 0.1) is 29.7 Å². The van der Waals surface area contributed by atoms with Crippen molar-refractivity contribution in [2.45, 2.75) is 25.3 Å². The van der Waals surface area contributed by atoms with E-state index in [0.29, 0.717) is 32.0 Å². The lowest BCUT2D eigenvalue weighted by atomic mass is 10.1. The van der Waals surface area contributed by atoms with E-state index in [4.69, 9.17) is 20.8 Å². The van der Waals surface area contributed by atoms with E-state index in [1.54, 1.807) is 4.90 Å². The number of halogens is 2. The molecule has 1 unspecified atom stereocenters. The first-order valence-corrected chi connectivity index (χ1v) is 8.30. The first-order chi connectivity index (χ1) is 11.6. The zero-order chi connectivity index (χ0) is 16.7. The minimum atomic E-state index is -0.481. The van der Waals surface area contributed by atoms with Gasteiger partial charge in [0.25, 0.3) is 5.91 Å². The van der Waals surface area contributed by atoms with Gasteiger partial charge in [-0.15, -0.1) is 0 Å². The van der Waals surface area contributed by atoms with Crippen molar-refractivity contribution in [1.82, 2.24) is 9.88 Å². The number of aromatic nitrogens is 1. The number of ether oxygens (including phenoxy) is 1. The van der Waals surface area contributed by atoms with E-state index in [9.17, 15) is 9.18 Å². The van der Waals surface area contributed by atoms with Gasteiger partial charge in [-0.2, -0.15) is 0 Å². The molecule has 1 fully saturated rings. The predicted molar refractivity (Wildman–Crippen MR) is 84.5 cm³/mol. The Kier molecular flexibility index (Phi) is 4.02. The molecule has 5 nitrogen and oxygen atoms in total. The summed E-state index contributed by atoms with van der Waals surface area (Å²) >= 11 is 6.04. The molecule has 1 amide bonds. The zero-order valence-corrected chi connectivity index (χ0v) is 13.7. The summed E-state index contributed by atoms with van der Waals surface area (Å²) in [7, 11) is 0. The minimum absolute atomic E-state index is 0.174. The highest BCUT2D eigenvalue weighted by Gasteiger charge is 2.30. The standard InChI is InChI=1S/C17H16ClFN2O3/c18-13-2-1-11(19)7-12(13)17(22)21-5-3-15-14(8-21)20-16(24-15)10-4-6-23-9-10/h1-2,7,10H,3-6,8-9H2. The molecule has 0 saturated carbocycles. The van der Waals surface area contributed by atoms with E-state index in [1.165, 1.54) is 18.2 Å². The number of carbonyl (C=O) groups is 1. The van der Waals surface area contributed by atoms with Crippen LogP contribution in [0.3, 0.4) is 0 Å². The lowest BCUT2D eigenvalue weighted by Gasteiger charge is -2.25. The van der Waals surface area contributed by atoms with Crippen LogP contribution in [0.5, 0.6) is 0 Å². The highest BCUT2D eigenvalue weighted by atomic mass is 35.5. The van der Waals surface area contributed by atoms with Crippen molar-refractivity contribution in [3.63, 3.8) is 0 Å². The summed E-state index contributed by atoms with van der Waals surface area (Å²) in [5, 5.41) is 0.246. The fourth-order valence-corrected chi connectivity index (χ4v) is 3.33. The normalized spacial score (nSPS) is 20.2. The van der Waals surface area contributed by atoms with Gasteiger partial charge in [-0.25, -0.2) is 9.37 Å². The number of carbonyl (C=O) groups excluding carboxylic acids is 1. The Morgan fingerprint density at radius 3 is 3.08 bits per heavy atom. The number of nitrogens with zero attached hydrogens (tertiary/aromatic N) is 2. The third kappa shape index (κ3) is 2.80. The number of benzene rings is 1. The van der Waals surface area contributed by atoms with Crippen LogP contribution in [0.2, 0.25) is 5.02 Å². The molecule has 3 heterocycles. The molecule has 1 saturated heterocycles. The van der Waals surface area contributed by atoms with Gasteiger partial charge >= 0.3 is 0 Å². The topological polar surface area (TPSA) is 55.6 Å². The number of hydrogen-bond donors (Lipinski definition) is 0. The molecule has 126 valence electrons. The fourth-order valence-electron chi connectivity index (χ4n) is 3.13. The minimum Gasteiger partial charge on any atom is -0.445 e. The van der Waals surface area contributed by atoms with Gasteiger partial charge in [0, 0.05) is 19.6 Å². The molecule has 1 aromatic heterocycles. The monoisotopic (exact) mass is 350 g/mol. The van der Waals surface area contributed by atoms with E-state index < -0.39 is 5.82 Å². The number of hydrogen-bond acceptors (Lipinski definition) is 4. The Hall–Kier alpha value is -1.92. The zero-order valence-electron chi connectivity index (χ0n) is 12.9. The van der Waals surface area contributed by atoms with Gasteiger partial charge in [0.2, 0.25) is 0 Å². The van der Waals surface area contributed by atoms with Crippen LogP contribution in [-0.4, -0.2) is 35.5 Å². The number of amides is 1. The second-order valence-corrected chi connectivity index (χ2v) is 6.49. The van der Waals surface area contributed by atoms with Crippen molar-refractivity contribution in [2.75, 3.05) is 19.8 Å². The molecule has 2 aliphatic rings. The van der Waals surface area contributed by atoms with Gasteiger partial charge < -0.3 is 14.1 Å². The second-order valence-electron chi connectivity index (χ2n) is 6.08. The number of oxazole rings is 1. The lowest BCUT2D eigenvalue weighted by molar-refractivity contribution is 0.0727. The molecule has 2 aliphatic heterocycles. The third-order valence-corrected chi connectivity index (χ3v) is 4.80. The van der Waals surface area contributed by atoms with Crippen molar-refractivity contribution in [3.05, 3.63) is 51.9 Å². The average molecular weight is 351 g/mol. The maximum Gasteiger partial charge on any atom is 0.255 e. The Morgan fingerprint density at radius 2 is 2.29 bits per heavy atom. The number of fused-ring (bicyclic) bond motifs is 1. The maximum atomic E-state index is 13.4.